The summed E-state index contributed by atoms with van der Waals surface area (Å²) in [4.78, 5) is 11.8. The molecular formula is C13H21N3O. The largest absolute Gasteiger partial charge is 0.320 e. The van der Waals surface area contributed by atoms with Crippen LogP contribution in [0.2, 0.25) is 0 Å². The van der Waals surface area contributed by atoms with Gasteiger partial charge < -0.3 is 5.73 Å². The normalized spacial score (nSPS) is 12.4. The lowest BCUT2D eigenvalue weighted by Crippen LogP contribution is -2.50. The summed E-state index contributed by atoms with van der Waals surface area (Å²) >= 11 is 0. The second kappa shape index (κ2) is 5.68. The van der Waals surface area contributed by atoms with Crippen molar-refractivity contribution in [2.45, 2.75) is 26.8 Å². The van der Waals surface area contributed by atoms with Gasteiger partial charge in [0.2, 0.25) is 0 Å². The second-order valence-corrected chi connectivity index (χ2v) is 4.64. The van der Waals surface area contributed by atoms with E-state index in [1.165, 1.54) is 5.56 Å². The SMILES string of the molecule is Cc1ccc(N(C)NC(=O)[C@@H](N)C(C)C)cc1. The Hall–Kier alpha value is -1.55. The molecule has 1 aromatic carbocycles. The Kier molecular flexibility index (Phi) is 4.52. The van der Waals surface area contributed by atoms with E-state index in [-0.39, 0.29) is 11.8 Å². The zero-order chi connectivity index (χ0) is 13.0. The van der Waals surface area contributed by atoms with Crippen LogP contribution < -0.4 is 16.2 Å². The van der Waals surface area contributed by atoms with E-state index in [0.717, 1.165) is 5.69 Å². The number of carbonyl (C=O) groups is 1. The van der Waals surface area contributed by atoms with Gasteiger partial charge in [-0.15, -0.1) is 0 Å². The van der Waals surface area contributed by atoms with Crippen LogP contribution in [0.25, 0.3) is 0 Å². The molecule has 1 aromatic rings. The van der Waals surface area contributed by atoms with Crippen LogP contribution in [0, 0.1) is 12.8 Å². The van der Waals surface area contributed by atoms with E-state index in [9.17, 15) is 4.79 Å². The van der Waals surface area contributed by atoms with Crippen molar-refractivity contribution in [2.24, 2.45) is 11.7 Å². The lowest BCUT2D eigenvalue weighted by molar-refractivity contribution is -0.123. The summed E-state index contributed by atoms with van der Waals surface area (Å²) in [5, 5.41) is 1.68. The summed E-state index contributed by atoms with van der Waals surface area (Å²) in [5.74, 6) is -0.0375. The number of hydrogen-bond donors (Lipinski definition) is 2. The van der Waals surface area contributed by atoms with Gasteiger partial charge >= 0.3 is 0 Å². The van der Waals surface area contributed by atoms with Gasteiger partial charge in [-0.2, -0.15) is 0 Å². The van der Waals surface area contributed by atoms with E-state index in [2.05, 4.69) is 5.43 Å². The van der Waals surface area contributed by atoms with Gasteiger partial charge in [-0.05, 0) is 25.0 Å². The highest BCUT2D eigenvalue weighted by molar-refractivity contribution is 5.83. The Morgan fingerprint density at radius 2 is 1.82 bits per heavy atom. The summed E-state index contributed by atoms with van der Waals surface area (Å²) in [7, 11) is 1.80. The first-order valence-corrected chi connectivity index (χ1v) is 5.78. The number of anilines is 1. The van der Waals surface area contributed by atoms with E-state index in [4.69, 9.17) is 5.73 Å². The molecule has 1 rings (SSSR count). The van der Waals surface area contributed by atoms with Crippen molar-refractivity contribution in [1.82, 2.24) is 5.43 Å². The summed E-state index contributed by atoms with van der Waals surface area (Å²) in [5.41, 5.74) is 10.7. The molecule has 0 spiro atoms. The number of benzene rings is 1. The van der Waals surface area contributed by atoms with Crippen LogP contribution in [-0.4, -0.2) is 19.0 Å². The fourth-order valence-corrected chi connectivity index (χ4v) is 1.38. The molecule has 0 heterocycles. The van der Waals surface area contributed by atoms with Crippen LogP contribution in [0.4, 0.5) is 5.69 Å². The predicted molar refractivity (Wildman–Crippen MR) is 70.5 cm³/mol. The maximum atomic E-state index is 11.8. The molecule has 0 fully saturated rings. The van der Waals surface area contributed by atoms with Gasteiger partial charge in [0.1, 0.15) is 0 Å². The van der Waals surface area contributed by atoms with Gasteiger partial charge in [0.05, 0.1) is 11.7 Å². The molecular weight excluding hydrogens is 214 g/mol. The van der Waals surface area contributed by atoms with E-state index in [0.29, 0.717) is 0 Å². The van der Waals surface area contributed by atoms with Gasteiger partial charge in [-0.3, -0.25) is 15.2 Å². The molecule has 0 aliphatic heterocycles. The molecule has 94 valence electrons. The van der Waals surface area contributed by atoms with E-state index < -0.39 is 6.04 Å². The first kappa shape index (κ1) is 13.5. The van der Waals surface area contributed by atoms with Crippen LogP contribution in [0.15, 0.2) is 24.3 Å². The van der Waals surface area contributed by atoms with Crippen molar-refractivity contribution >= 4 is 11.6 Å². The van der Waals surface area contributed by atoms with Crippen LogP contribution in [-0.2, 0) is 4.79 Å². The smallest absolute Gasteiger partial charge is 0.255 e. The molecule has 17 heavy (non-hydrogen) atoms. The Balaban J connectivity index is 2.63. The number of aryl methyl sites for hydroxylation is 1. The monoisotopic (exact) mass is 235 g/mol. The molecule has 0 radical (unpaired) electrons. The minimum atomic E-state index is -0.483. The van der Waals surface area contributed by atoms with Crippen molar-refractivity contribution in [1.29, 1.82) is 0 Å². The standard InChI is InChI=1S/C13H21N3O/c1-9(2)12(14)13(17)15-16(4)11-7-5-10(3)6-8-11/h5-9,12H,14H2,1-4H3,(H,15,17)/t12-/m0/s1. The molecule has 0 unspecified atom stereocenters. The topological polar surface area (TPSA) is 58.4 Å². The maximum Gasteiger partial charge on any atom is 0.255 e. The van der Waals surface area contributed by atoms with Crippen LogP contribution in [0.5, 0.6) is 0 Å². The van der Waals surface area contributed by atoms with Crippen molar-refractivity contribution in [3.8, 4) is 0 Å². The van der Waals surface area contributed by atoms with Crippen molar-refractivity contribution < 1.29 is 4.79 Å². The molecule has 0 saturated heterocycles. The number of carbonyl (C=O) groups excluding carboxylic acids is 1. The molecule has 4 nitrogen and oxygen atoms in total. The summed E-state index contributed by atoms with van der Waals surface area (Å²) in [6, 6.07) is 7.43. The molecule has 1 atom stereocenters. The highest BCUT2D eigenvalue weighted by Crippen LogP contribution is 2.11. The van der Waals surface area contributed by atoms with Crippen molar-refractivity contribution in [3.05, 3.63) is 29.8 Å². The number of hydrogen-bond acceptors (Lipinski definition) is 3. The predicted octanol–water partition coefficient (Wildman–Crippen LogP) is 1.45. The Labute approximate surface area is 103 Å². The number of hydrazine groups is 1. The van der Waals surface area contributed by atoms with Gasteiger partial charge in [0.25, 0.3) is 5.91 Å². The van der Waals surface area contributed by atoms with Crippen molar-refractivity contribution in [3.63, 3.8) is 0 Å². The highest BCUT2D eigenvalue weighted by atomic mass is 16.2. The molecule has 0 aromatic heterocycles. The molecule has 4 heteroatoms. The number of amides is 1. The average Bonchev–Trinajstić information content (AvgIpc) is 2.28. The highest BCUT2D eigenvalue weighted by Gasteiger charge is 2.18. The average molecular weight is 235 g/mol. The van der Waals surface area contributed by atoms with Crippen LogP contribution >= 0.6 is 0 Å². The Bertz CT molecular complexity index is 373. The van der Waals surface area contributed by atoms with Crippen LogP contribution in [0.1, 0.15) is 19.4 Å². The zero-order valence-electron chi connectivity index (χ0n) is 10.9. The Morgan fingerprint density at radius 3 is 2.29 bits per heavy atom. The molecule has 1 amide bonds. The third-order valence-electron chi connectivity index (χ3n) is 2.72. The van der Waals surface area contributed by atoms with Gasteiger partial charge in [-0.25, -0.2) is 0 Å². The van der Waals surface area contributed by atoms with Gasteiger partial charge in [0, 0.05) is 7.05 Å². The van der Waals surface area contributed by atoms with Crippen molar-refractivity contribution in [2.75, 3.05) is 12.1 Å². The Morgan fingerprint density at radius 1 is 1.29 bits per heavy atom. The quantitative estimate of drug-likeness (QED) is 0.776. The molecule has 0 aliphatic rings. The van der Waals surface area contributed by atoms with Gasteiger partial charge in [-0.1, -0.05) is 31.5 Å². The second-order valence-electron chi connectivity index (χ2n) is 4.64. The fraction of sp³-hybridized carbons (Fsp3) is 0.462. The first-order valence-electron chi connectivity index (χ1n) is 5.78. The zero-order valence-corrected chi connectivity index (χ0v) is 10.9. The maximum absolute atomic E-state index is 11.8. The van der Waals surface area contributed by atoms with E-state index in [1.807, 2.05) is 45.0 Å². The minimum Gasteiger partial charge on any atom is -0.320 e. The third kappa shape index (κ3) is 3.75. The number of nitrogens with zero attached hydrogens (tertiary/aromatic N) is 1. The molecule has 3 N–H and O–H groups in total. The summed E-state index contributed by atoms with van der Waals surface area (Å²) in [6.07, 6.45) is 0. The lowest BCUT2D eigenvalue weighted by Gasteiger charge is -2.23. The molecule has 0 saturated carbocycles. The van der Waals surface area contributed by atoms with Gasteiger partial charge in [0.15, 0.2) is 0 Å². The van der Waals surface area contributed by atoms with E-state index in [1.54, 1.807) is 12.1 Å². The van der Waals surface area contributed by atoms with E-state index >= 15 is 0 Å². The number of nitrogens with two attached hydrogens (primary N) is 1. The summed E-state index contributed by atoms with van der Waals surface area (Å²) in [6.45, 7) is 5.88. The summed E-state index contributed by atoms with van der Waals surface area (Å²) < 4.78 is 0. The first-order chi connectivity index (χ1) is 7.91. The number of rotatable bonds is 4. The third-order valence-corrected chi connectivity index (χ3v) is 2.72. The van der Waals surface area contributed by atoms with Crippen LogP contribution in [0.3, 0.4) is 0 Å². The fourth-order valence-electron chi connectivity index (χ4n) is 1.38. The molecule has 0 aliphatic carbocycles. The molecule has 0 bridgehead atoms. The number of nitrogens with one attached hydrogen (secondary N) is 1. The minimum absolute atomic E-state index is 0.126. The lowest BCUT2D eigenvalue weighted by atomic mass is 10.1.